The van der Waals surface area contributed by atoms with E-state index in [1.807, 2.05) is 23.5 Å². The number of imide groups is 1. The van der Waals surface area contributed by atoms with Crippen molar-refractivity contribution in [2.24, 2.45) is 0 Å². The number of carbonyl (C=O) groups excluding carboxylic acids is 3. The van der Waals surface area contributed by atoms with Gasteiger partial charge in [-0.3, -0.25) is 14.9 Å². The van der Waals surface area contributed by atoms with Crippen LogP contribution in [-0.2, 0) is 17.9 Å². The fourth-order valence-corrected chi connectivity index (χ4v) is 4.13. The van der Waals surface area contributed by atoms with Crippen LogP contribution in [0, 0.1) is 5.82 Å². The van der Waals surface area contributed by atoms with Gasteiger partial charge >= 0.3 is 6.03 Å². The lowest BCUT2D eigenvalue weighted by Crippen LogP contribution is -2.42. The average Bonchev–Trinajstić information content (AvgIpc) is 3.57. The van der Waals surface area contributed by atoms with E-state index in [0.29, 0.717) is 29.2 Å². The van der Waals surface area contributed by atoms with Crippen LogP contribution >= 0.6 is 0 Å². The van der Waals surface area contributed by atoms with Gasteiger partial charge in [-0.15, -0.1) is 0 Å². The second-order valence-electron chi connectivity index (χ2n) is 8.50. The number of carbonyl (C=O) groups is 3. The molecule has 4 amide bonds. The molecule has 5 rings (SSSR count). The van der Waals surface area contributed by atoms with Crippen molar-refractivity contribution >= 4 is 18.3 Å². The SMILES string of the molecule is O=CNC(=O)N[C@@H](CN1Cc2cc(OCc3ccc(-n4cncn4)nc3)ccc2C1=O)c1ccc(F)cc1. The average molecular weight is 516 g/mol. The molecule has 192 valence electrons. The number of urea groups is 1. The van der Waals surface area contributed by atoms with Crippen LogP contribution in [0.25, 0.3) is 5.82 Å². The van der Waals surface area contributed by atoms with E-state index >= 15 is 0 Å². The van der Waals surface area contributed by atoms with Crippen LogP contribution in [-0.4, -0.2) is 49.5 Å². The summed E-state index contributed by atoms with van der Waals surface area (Å²) in [7, 11) is 0. The number of benzene rings is 2. The van der Waals surface area contributed by atoms with Gasteiger partial charge in [0.25, 0.3) is 5.91 Å². The molecule has 1 aliphatic heterocycles. The third-order valence-corrected chi connectivity index (χ3v) is 5.99. The second kappa shape index (κ2) is 10.9. The quantitative estimate of drug-likeness (QED) is 0.328. The van der Waals surface area contributed by atoms with Gasteiger partial charge in [0.05, 0.1) is 6.04 Å². The maximum absolute atomic E-state index is 13.4. The summed E-state index contributed by atoms with van der Waals surface area (Å²) in [5, 5.41) is 8.72. The Balaban J connectivity index is 1.25. The van der Waals surface area contributed by atoms with E-state index in [0.717, 1.165) is 11.1 Å². The Morgan fingerprint density at radius 3 is 2.71 bits per heavy atom. The topological polar surface area (TPSA) is 131 Å². The lowest BCUT2D eigenvalue weighted by Gasteiger charge is -2.25. The van der Waals surface area contributed by atoms with Gasteiger partial charge in [-0.1, -0.05) is 18.2 Å². The van der Waals surface area contributed by atoms with Crippen molar-refractivity contribution in [1.82, 2.24) is 35.3 Å². The summed E-state index contributed by atoms with van der Waals surface area (Å²) in [5.74, 6) is 0.602. The highest BCUT2D eigenvalue weighted by Gasteiger charge is 2.30. The maximum Gasteiger partial charge on any atom is 0.321 e. The Labute approximate surface area is 216 Å². The number of hydrogen-bond acceptors (Lipinski definition) is 7. The zero-order valence-corrected chi connectivity index (χ0v) is 20.0. The number of ether oxygens (including phenoxy) is 1. The first-order chi connectivity index (χ1) is 18.5. The molecular weight excluding hydrogens is 493 g/mol. The van der Waals surface area contributed by atoms with Crippen molar-refractivity contribution in [3.8, 4) is 11.6 Å². The first-order valence-corrected chi connectivity index (χ1v) is 11.6. The van der Waals surface area contributed by atoms with Crippen molar-refractivity contribution in [2.45, 2.75) is 19.2 Å². The van der Waals surface area contributed by atoms with E-state index in [-0.39, 0.29) is 25.5 Å². The first-order valence-electron chi connectivity index (χ1n) is 11.6. The molecule has 12 heteroatoms. The highest BCUT2D eigenvalue weighted by Crippen LogP contribution is 2.29. The van der Waals surface area contributed by atoms with Crippen LogP contribution < -0.4 is 15.4 Å². The first kappa shape index (κ1) is 24.6. The Bertz CT molecular complexity index is 1440. The molecule has 0 spiro atoms. The number of hydrogen-bond donors (Lipinski definition) is 2. The molecule has 0 radical (unpaired) electrons. The smallest absolute Gasteiger partial charge is 0.321 e. The molecule has 1 aliphatic rings. The predicted octanol–water partition coefficient (Wildman–Crippen LogP) is 2.53. The molecule has 2 aromatic carbocycles. The number of aromatic nitrogens is 4. The van der Waals surface area contributed by atoms with Gasteiger partial charge in [0.2, 0.25) is 6.41 Å². The Hall–Kier alpha value is -5.13. The number of fused-ring (bicyclic) bond motifs is 1. The van der Waals surface area contributed by atoms with Crippen molar-refractivity contribution < 1.29 is 23.5 Å². The third-order valence-electron chi connectivity index (χ3n) is 5.99. The molecule has 3 heterocycles. The fraction of sp³-hybridized carbons (Fsp3) is 0.154. The summed E-state index contributed by atoms with van der Waals surface area (Å²) in [5.41, 5.74) is 2.76. The molecule has 0 fully saturated rings. The van der Waals surface area contributed by atoms with Gasteiger partial charge < -0.3 is 15.0 Å². The van der Waals surface area contributed by atoms with E-state index in [2.05, 4.69) is 20.4 Å². The number of amides is 4. The van der Waals surface area contributed by atoms with Crippen molar-refractivity contribution in [1.29, 1.82) is 0 Å². The molecule has 4 aromatic rings. The molecular formula is C26H22FN7O4. The van der Waals surface area contributed by atoms with E-state index in [1.54, 1.807) is 34.2 Å². The molecule has 0 bridgehead atoms. The van der Waals surface area contributed by atoms with Crippen molar-refractivity contribution in [3.05, 3.63) is 102 Å². The van der Waals surface area contributed by atoms with Gasteiger partial charge in [0.1, 0.15) is 30.8 Å². The maximum atomic E-state index is 13.4. The molecule has 11 nitrogen and oxygen atoms in total. The molecule has 0 saturated heterocycles. The number of nitrogens with one attached hydrogen (secondary N) is 2. The number of halogens is 1. The predicted molar refractivity (Wildman–Crippen MR) is 132 cm³/mol. The van der Waals surface area contributed by atoms with E-state index in [4.69, 9.17) is 4.74 Å². The Kier molecular flexibility index (Phi) is 7.02. The summed E-state index contributed by atoms with van der Waals surface area (Å²) in [6.45, 7) is 0.698. The van der Waals surface area contributed by atoms with Crippen LogP contribution in [0.5, 0.6) is 5.75 Å². The number of rotatable bonds is 9. The fourth-order valence-electron chi connectivity index (χ4n) is 4.13. The molecule has 38 heavy (non-hydrogen) atoms. The van der Waals surface area contributed by atoms with Crippen molar-refractivity contribution in [2.75, 3.05) is 6.54 Å². The van der Waals surface area contributed by atoms with Crippen LogP contribution in [0.2, 0.25) is 0 Å². The molecule has 0 aliphatic carbocycles. The lowest BCUT2D eigenvalue weighted by atomic mass is 10.1. The minimum Gasteiger partial charge on any atom is -0.489 e. The molecule has 1 atom stereocenters. The lowest BCUT2D eigenvalue weighted by molar-refractivity contribution is -0.108. The largest absolute Gasteiger partial charge is 0.489 e. The van der Waals surface area contributed by atoms with Gasteiger partial charge in [-0.2, -0.15) is 5.10 Å². The van der Waals surface area contributed by atoms with E-state index in [1.165, 1.54) is 30.6 Å². The summed E-state index contributed by atoms with van der Waals surface area (Å²) < 4.78 is 20.9. The van der Waals surface area contributed by atoms with Crippen LogP contribution in [0.3, 0.4) is 0 Å². The third kappa shape index (κ3) is 5.48. The Morgan fingerprint density at radius 1 is 1.16 bits per heavy atom. The summed E-state index contributed by atoms with van der Waals surface area (Å²) in [6.07, 6.45) is 4.95. The minimum atomic E-state index is -0.724. The van der Waals surface area contributed by atoms with Gasteiger partial charge in [-0.25, -0.2) is 23.8 Å². The normalized spacial score (nSPS) is 13.1. The van der Waals surface area contributed by atoms with Crippen LogP contribution in [0.4, 0.5) is 9.18 Å². The molecule has 2 N–H and O–H groups in total. The van der Waals surface area contributed by atoms with Gasteiger partial charge in [-0.05, 0) is 47.5 Å². The van der Waals surface area contributed by atoms with E-state index in [9.17, 15) is 18.8 Å². The zero-order valence-electron chi connectivity index (χ0n) is 20.0. The van der Waals surface area contributed by atoms with Gasteiger partial charge in [0.15, 0.2) is 5.82 Å². The molecule has 0 saturated carbocycles. The molecule has 0 unspecified atom stereocenters. The number of nitrogens with zero attached hydrogens (tertiary/aromatic N) is 5. The molecule has 2 aromatic heterocycles. The zero-order chi connectivity index (χ0) is 26.5. The highest BCUT2D eigenvalue weighted by molar-refractivity contribution is 5.98. The van der Waals surface area contributed by atoms with Crippen molar-refractivity contribution in [3.63, 3.8) is 0 Å². The van der Waals surface area contributed by atoms with Gasteiger partial charge in [0, 0.05) is 30.4 Å². The summed E-state index contributed by atoms with van der Waals surface area (Å²) in [6, 6.07) is 13.1. The Morgan fingerprint density at radius 2 is 2.00 bits per heavy atom. The highest BCUT2D eigenvalue weighted by atomic mass is 19.1. The second-order valence-corrected chi connectivity index (χ2v) is 8.50. The minimum absolute atomic E-state index is 0.116. The summed E-state index contributed by atoms with van der Waals surface area (Å²) in [4.78, 5) is 45.6. The standard InChI is InChI=1S/C26H22FN7O4/c27-20-4-2-18(3-5-20)23(32-26(37)30-16-35)12-33-11-19-9-21(6-7-22(19)25(33)36)38-13-17-1-8-24(29-10-17)34-15-28-14-31-34/h1-10,14-16,23H,11-13H2,(H2,30,32,35,37)/t23-/m0/s1. The van der Waals surface area contributed by atoms with Crippen LogP contribution in [0.15, 0.2) is 73.4 Å². The van der Waals surface area contributed by atoms with Crippen LogP contribution in [0.1, 0.15) is 33.1 Å². The number of pyridine rings is 1. The summed E-state index contributed by atoms with van der Waals surface area (Å²) >= 11 is 0. The van der Waals surface area contributed by atoms with E-state index < -0.39 is 17.9 Å². The monoisotopic (exact) mass is 515 g/mol.